The number of tetrazole rings is 1. The summed E-state index contributed by atoms with van der Waals surface area (Å²) >= 11 is 1.54. The number of rotatable bonds is 7. The number of furan rings is 1. The molecule has 4 aromatic rings. The normalized spacial score (nSPS) is 13.6. The molecule has 36 heavy (non-hydrogen) atoms. The second-order valence-electron chi connectivity index (χ2n) is 8.18. The molecule has 0 saturated carbocycles. The summed E-state index contributed by atoms with van der Waals surface area (Å²) in [5.74, 6) is 0.269. The predicted octanol–water partition coefficient (Wildman–Crippen LogP) is 2.16. The highest BCUT2D eigenvalue weighted by molar-refractivity contribution is 7.10. The van der Waals surface area contributed by atoms with E-state index in [1.54, 1.807) is 57.5 Å². The largest absolute Gasteiger partial charge is 0.459 e. The van der Waals surface area contributed by atoms with Gasteiger partial charge < -0.3 is 19.5 Å². The fourth-order valence-corrected chi connectivity index (χ4v) is 4.54. The SMILES string of the molecule is O=C(Cc1cccs1)Nc1ccc(-c2nnn(CC(=O)N3CCN(C(=O)c4ccco4)CC3)n2)cc1. The quantitative estimate of drug-likeness (QED) is 0.408. The molecule has 1 aromatic carbocycles. The Balaban J connectivity index is 1.12. The van der Waals surface area contributed by atoms with E-state index in [1.807, 2.05) is 17.5 Å². The van der Waals surface area contributed by atoms with E-state index in [4.69, 9.17) is 4.42 Å². The Morgan fingerprint density at radius 1 is 0.972 bits per heavy atom. The highest BCUT2D eigenvalue weighted by Gasteiger charge is 2.26. The predicted molar refractivity (Wildman–Crippen MR) is 131 cm³/mol. The molecule has 0 atom stereocenters. The molecule has 1 aliphatic rings. The fraction of sp³-hybridized carbons (Fsp3) is 0.250. The van der Waals surface area contributed by atoms with Crippen LogP contribution in [0.4, 0.5) is 5.69 Å². The number of aromatic nitrogens is 4. The summed E-state index contributed by atoms with van der Waals surface area (Å²) in [6.07, 6.45) is 1.80. The third-order valence-corrected chi connectivity index (χ3v) is 6.60. The minimum atomic E-state index is -0.178. The number of carbonyl (C=O) groups excluding carboxylic acids is 3. The Bertz CT molecular complexity index is 1330. The van der Waals surface area contributed by atoms with Gasteiger partial charge in [-0.3, -0.25) is 14.4 Å². The Morgan fingerprint density at radius 3 is 2.44 bits per heavy atom. The van der Waals surface area contributed by atoms with E-state index in [2.05, 4.69) is 20.7 Å². The second-order valence-corrected chi connectivity index (χ2v) is 9.21. The molecule has 1 aliphatic heterocycles. The van der Waals surface area contributed by atoms with Gasteiger partial charge in [0.15, 0.2) is 5.76 Å². The van der Waals surface area contributed by atoms with E-state index in [1.165, 1.54) is 11.1 Å². The average Bonchev–Trinajstić information content (AvgIpc) is 3.68. The lowest BCUT2D eigenvalue weighted by molar-refractivity contribution is -0.133. The van der Waals surface area contributed by atoms with Crippen LogP contribution >= 0.6 is 11.3 Å². The molecule has 3 amide bonds. The molecule has 184 valence electrons. The first kappa shape index (κ1) is 23.4. The first-order valence-corrected chi connectivity index (χ1v) is 12.2. The summed E-state index contributed by atoms with van der Waals surface area (Å²) in [5.41, 5.74) is 1.39. The lowest BCUT2D eigenvalue weighted by atomic mass is 10.2. The van der Waals surface area contributed by atoms with Crippen LogP contribution in [-0.2, 0) is 22.6 Å². The van der Waals surface area contributed by atoms with Crippen LogP contribution in [0.3, 0.4) is 0 Å². The number of thiophene rings is 1. The molecule has 0 bridgehead atoms. The van der Waals surface area contributed by atoms with Gasteiger partial charge in [0.25, 0.3) is 5.91 Å². The summed E-state index contributed by atoms with van der Waals surface area (Å²) < 4.78 is 5.17. The monoisotopic (exact) mass is 505 g/mol. The number of hydrogen-bond acceptors (Lipinski definition) is 8. The van der Waals surface area contributed by atoms with Crippen molar-refractivity contribution in [1.29, 1.82) is 0 Å². The zero-order valence-corrected chi connectivity index (χ0v) is 20.1. The highest BCUT2D eigenvalue weighted by Crippen LogP contribution is 2.18. The third-order valence-electron chi connectivity index (χ3n) is 5.72. The topological polar surface area (TPSA) is 126 Å². The Morgan fingerprint density at radius 2 is 1.75 bits per heavy atom. The maximum absolute atomic E-state index is 12.7. The van der Waals surface area contributed by atoms with Crippen LogP contribution in [0.5, 0.6) is 0 Å². The van der Waals surface area contributed by atoms with Crippen LogP contribution in [0.15, 0.2) is 64.6 Å². The summed E-state index contributed by atoms with van der Waals surface area (Å²) in [6.45, 7) is 1.66. The van der Waals surface area contributed by atoms with Gasteiger partial charge in [-0.1, -0.05) is 6.07 Å². The van der Waals surface area contributed by atoms with Crippen LogP contribution in [0.25, 0.3) is 11.4 Å². The van der Waals surface area contributed by atoms with Gasteiger partial charge in [0.05, 0.1) is 12.7 Å². The van der Waals surface area contributed by atoms with E-state index < -0.39 is 0 Å². The summed E-state index contributed by atoms with van der Waals surface area (Å²) in [4.78, 5) is 42.9. The van der Waals surface area contributed by atoms with Gasteiger partial charge in [0.2, 0.25) is 17.6 Å². The van der Waals surface area contributed by atoms with Gasteiger partial charge in [0, 0.05) is 42.3 Å². The van der Waals surface area contributed by atoms with E-state index >= 15 is 0 Å². The molecule has 3 aromatic heterocycles. The number of benzene rings is 1. The highest BCUT2D eigenvalue weighted by atomic mass is 32.1. The van der Waals surface area contributed by atoms with Crippen molar-refractivity contribution >= 4 is 34.7 Å². The number of nitrogens with zero attached hydrogens (tertiary/aromatic N) is 6. The third kappa shape index (κ3) is 5.49. The van der Waals surface area contributed by atoms with Gasteiger partial charge in [0.1, 0.15) is 6.54 Å². The van der Waals surface area contributed by atoms with E-state index in [0.29, 0.717) is 49.9 Å². The van der Waals surface area contributed by atoms with Gasteiger partial charge in [-0.2, -0.15) is 4.80 Å². The fourth-order valence-electron chi connectivity index (χ4n) is 3.84. The molecule has 1 fully saturated rings. The average molecular weight is 506 g/mol. The van der Waals surface area contributed by atoms with E-state index in [0.717, 1.165) is 10.4 Å². The molecule has 4 heterocycles. The molecular formula is C24H23N7O4S. The van der Waals surface area contributed by atoms with Crippen LogP contribution in [0.2, 0.25) is 0 Å². The Hall–Kier alpha value is -4.32. The molecule has 0 spiro atoms. The lowest BCUT2D eigenvalue weighted by Gasteiger charge is -2.34. The zero-order valence-electron chi connectivity index (χ0n) is 19.2. The maximum atomic E-state index is 12.7. The summed E-state index contributed by atoms with van der Waals surface area (Å²) in [7, 11) is 0. The number of carbonyl (C=O) groups is 3. The van der Waals surface area contributed by atoms with Gasteiger partial charge in [-0.15, -0.1) is 21.5 Å². The van der Waals surface area contributed by atoms with Crippen molar-refractivity contribution in [3.8, 4) is 11.4 Å². The zero-order chi connectivity index (χ0) is 24.9. The number of piperazine rings is 1. The molecule has 11 nitrogen and oxygen atoms in total. The molecule has 0 radical (unpaired) electrons. The van der Waals surface area contributed by atoms with Crippen molar-refractivity contribution in [3.05, 3.63) is 70.8 Å². The van der Waals surface area contributed by atoms with Crippen molar-refractivity contribution in [2.45, 2.75) is 13.0 Å². The van der Waals surface area contributed by atoms with Crippen molar-refractivity contribution < 1.29 is 18.8 Å². The minimum absolute atomic E-state index is 0.0456. The first-order valence-electron chi connectivity index (χ1n) is 11.4. The molecule has 1 saturated heterocycles. The molecule has 0 unspecified atom stereocenters. The van der Waals surface area contributed by atoms with E-state index in [-0.39, 0.29) is 24.3 Å². The molecule has 12 heteroatoms. The number of nitrogens with one attached hydrogen (secondary N) is 1. The standard InChI is InChI=1S/C24H23N7O4S/c32-21(15-19-3-2-14-36-19)25-18-7-5-17(6-8-18)23-26-28-31(27-23)16-22(33)29-9-11-30(12-10-29)24(34)20-4-1-13-35-20/h1-8,13-14H,9-12,15-16H2,(H,25,32). The Kier molecular flexibility index (Phi) is 6.85. The van der Waals surface area contributed by atoms with Crippen molar-refractivity contribution in [3.63, 3.8) is 0 Å². The van der Waals surface area contributed by atoms with Crippen LogP contribution in [0, 0.1) is 0 Å². The number of anilines is 1. The minimum Gasteiger partial charge on any atom is -0.459 e. The van der Waals surface area contributed by atoms with E-state index in [9.17, 15) is 14.4 Å². The van der Waals surface area contributed by atoms with Crippen molar-refractivity contribution in [2.75, 3.05) is 31.5 Å². The number of hydrogen-bond donors (Lipinski definition) is 1. The number of amides is 3. The van der Waals surface area contributed by atoms with Crippen molar-refractivity contribution in [2.24, 2.45) is 0 Å². The smallest absolute Gasteiger partial charge is 0.289 e. The Labute approximate surface area is 210 Å². The van der Waals surface area contributed by atoms with Gasteiger partial charge in [-0.05, 0) is 53.1 Å². The first-order chi connectivity index (χ1) is 17.5. The lowest BCUT2D eigenvalue weighted by Crippen LogP contribution is -2.51. The molecule has 5 rings (SSSR count). The second kappa shape index (κ2) is 10.5. The van der Waals surface area contributed by atoms with Gasteiger partial charge in [-0.25, -0.2) is 0 Å². The molecule has 1 N–H and O–H groups in total. The van der Waals surface area contributed by atoms with Gasteiger partial charge >= 0.3 is 0 Å². The van der Waals surface area contributed by atoms with Crippen LogP contribution in [-0.4, -0.2) is 73.9 Å². The summed E-state index contributed by atoms with van der Waals surface area (Å²) in [5, 5.41) is 17.2. The van der Waals surface area contributed by atoms with Crippen LogP contribution < -0.4 is 5.32 Å². The van der Waals surface area contributed by atoms with Crippen LogP contribution in [0.1, 0.15) is 15.4 Å². The molecular weight excluding hydrogens is 482 g/mol. The van der Waals surface area contributed by atoms with Crippen molar-refractivity contribution in [1.82, 2.24) is 30.0 Å². The maximum Gasteiger partial charge on any atom is 0.289 e. The summed E-state index contributed by atoms with van der Waals surface area (Å²) in [6, 6.07) is 14.3. The molecule has 0 aliphatic carbocycles.